The molecule has 0 amide bonds. The van der Waals surface area contributed by atoms with Crippen molar-refractivity contribution in [1.82, 2.24) is 0 Å². The van der Waals surface area contributed by atoms with Gasteiger partial charge in [-0.1, -0.05) is 13.8 Å². The molecule has 0 bridgehead atoms. The highest BCUT2D eigenvalue weighted by Crippen LogP contribution is 2.70. The van der Waals surface area contributed by atoms with Crippen LogP contribution in [0, 0.1) is 28.6 Å². The minimum Gasteiger partial charge on any atom is -0.431 e. The summed E-state index contributed by atoms with van der Waals surface area (Å²) >= 11 is 0. The van der Waals surface area contributed by atoms with Crippen molar-refractivity contribution in [1.29, 1.82) is 0 Å². The first-order valence-corrected chi connectivity index (χ1v) is 11.4. The number of aliphatic hydroxyl groups excluding tert-OH is 2. The summed E-state index contributed by atoms with van der Waals surface area (Å²) in [6, 6.07) is 3.24. The molecule has 29 heavy (non-hydrogen) atoms. The number of fused-ring (bicyclic) bond motifs is 5. The van der Waals surface area contributed by atoms with Crippen LogP contribution in [0.2, 0.25) is 0 Å². The van der Waals surface area contributed by atoms with E-state index < -0.39 is 17.1 Å². The minimum absolute atomic E-state index is 0.0218. The van der Waals surface area contributed by atoms with Crippen LogP contribution < -0.4 is 5.63 Å². The van der Waals surface area contributed by atoms with Crippen molar-refractivity contribution in [3.8, 4) is 0 Å². The smallest absolute Gasteiger partial charge is 0.335 e. The molecular weight excluding hydrogens is 368 g/mol. The second-order valence-corrected chi connectivity index (χ2v) is 10.9. The lowest BCUT2D eigenvalue weighted by atomic mass is 9.43. The average Bonchev–Trinajstić information content (AvgIpc) is 2.90. The highest BCUT2D eigenvalue weighted by Gasteiger charge is 2.70. The Labute approximate surface area is 172 Å². The Morgan fingerprint density at radius 2 is 1.79 bits per heavy atom. The molecule has 4 fully saturated rings. The molecule has 0 aliphatic heterocycles. The minimum atomic E-state index is -1.12. The van der Waals surface area contributed by atoms with Crippen LogP contribution in [0.15, 0.2) is 27.6 Å². The second-order valence-electron chi connectivity index (χ2n) is 10.9. The van der Waals surface area contributed by atoms with Crippen LogP contribution >= 0.6 is 0 Å². The zero-order valence-corrected chi connectivity index (χ0v) is 17.5. The van der Waals surface area contributed by atoms with E-state index in [1.165, 1.54) is 12.3 Å². The van der Waals surface area contributed by atoms with E-state index in [-0.39, 0.29) is 29.0 Å². The molecule has 0 unspecified atom stereocenters. The average molecular weight is 403 g/mol. The van der Waals surface area contributed by atoms with Gasteiger partial charge in [0.05, 0.1) is 24.1 Å². The van der Waals surface area contributed by atoms with Crippen LogP contribution in [0.4, 0.5) is 0 Å². The maximum Gasteiger partial charge on any atom is 0.335 e. The van der Waals surface area contributed by atoms with E-state index >= 15 is 0 Å². The second kappa shape index (κ2) is 6.41. The Hall–Kier alpha value is -1.17. The lowest BCUT2D eigenvalue weighted by Gasteiger charge is -2.64. The first-order valence-electron chi connectivity index (χ1n) is 11.4. The summed E-state index contributed by atoms with van der Waals surface area (Å²) in [4.78, 5) is 11.4. The normalized spacial score (nSPS) is 51.8. The molecule has 5 rings (SSSR count). The van der Waals surface area contributed by atoms with Crippen LogP contribution in [0.5, 0.6) is 0 Å². The summed E-state index contributed by atoms with van der Waals surface area (Å²) in [6.07, 6.45) is 7.64. The monoisotopic (exact) mass is 402 g/mol. The van der Waals surface area contributed by atoms with Gasteiger partial charge < -0.3 is 19.7 Å². The molecule has 1 aromatic rings. The summed E-state index contributed by atoms with van der Waals surface area (Å²) in [6.45, 7) is 4.51. The topological polar surface area (TPSA) is 90.9 Å². The fourth-order valence-corrected chi connectivity index (χ4v) is 8.33. The Morgan fingerprint density at radius 1 is 1.00 bits per heavy atom. The van der Waals surface area contributed by atoms with E-state index in [0.717, 1.165) is 50.5 Å². The molecule has 4 aliphatic carbocycles. The maximum absolute atomic E-state index is 12.2. The van der Waals surface area contributed by atoms with Crippen LogP contribution in [0.1, 0.15) is 76.7 Å². The highest BCUT2D eigenvalue weighted by atomic mass is 16.4. The van der Waals surface area contributed by atoms with Gasteiger partial charge in [-0.3, -0.25) is 0 Å². The van der Waals surface area contributed by atoms with Crippen molar-refractivity contribution >= 4 is 0 Å². The Balaban J connectivity index is 1.52. The largest absolute Gasteiger partial charge is 0.431 e. The summed E-state index contributed by atoms with van der Waals surface area (Å²) in [5.74, 6) is 0.951. The molecule has 5 heteroatoms. The predicted octanol–water partition coefficient (Wildman–Crippen LogP) is 3.21. The van der Waals surface area contributed by atoms with Crippen LogP contribution in [0.25, 0.3) is 0 Å². The molecular formula is C24H34O5. The van der Waals surface area contributed by atoms with Crippen LogP contribution in [-0.4, -0.2) is 33.1 Å². The lowest BCUT2D eigenvalue weighted by molar-refractivity contribution is -0.233. The molecule has 5 nitrogen and oxygen atoms in total. The number of hydrogen-bond donors (Lipinski definition) is 3. The molecule has 0 spiro atoms. The van der Waals surface area contributed by atoms with Gasteiger partial charge in [0.1, 0.15) is 0 Å². The van der Waals surface area contributed by atoms with Crippen LogP contribution in [0.3, 0.4) is 0 Å². The van der Waals surface area contributed by atoms with Gasteiger partial charge in [0.2, 0.25) is 0 Å². The van der Waals surface area contributed by atoms with Gasteiger partial charge in [-0.25, -0.2) is 4.79 Å². The summed E-state index contributed by atoms with van der Waals surface area (Å²) in [5, 5.41) is 33.6. The third kappa shape index (κ3) is 2.53. The van der Waals surface area contributed by atoms with Gasteiger partial charge in [-0.15, -0.1) is 0 Å². The SMILES string of the molecule is C[C@]12CC[C@H](O)C[C@H]1CC[C@@H]1[C@@H]2CC[C@]2(C)[C@@H](c3ccc(=O)oc3)C[C@H](O)[C@]12O. The van der Waals surface area contributed by atoms with Gasteiger partial charge in [-0.05, 0) is 92.1 Å². The van der Waals surface area contributed by atoms with Gasteiger partial charge in [0.25, 0.3) is 0 Å². The Kier molecular flexibility index (Phi) is 4.37. The summed E-state index contributed by atoms with van der Waals surface area (Å²) in [5.41, 5.74) is -0.897. The molecule has 1 aromatic heterocycles. The fourth-order valence-electron chi connectivity index (χ4n) is 8.33. The van der Waals surface area contributed by atoms with E-state index in [9.17, 15) is 20.1 Å². The van der Waals surface area contributed by atoms with Crippen LogP contribution in [-0.2, 0) is 0 Å². The number of hydrogen-bond acceptors (Lipinski definition) is 5. The predicted molar refractivity (Wildman–Crippen MR) is 108 cm³/mol. The van der Waals surface area contributed by atoms with Gasteiger partial charge in [0, 0.05) is 11.5 Å². The van der Waals surface area contributed by atoms with Crippen molar-refractivity contribution in [3.63, 3.8) is 0 Å². The molecule has 0 aromatic carbocycles. The molecule has 160 valence electrons. The van der Waals surface area contributed by atoms with Crippen molar-refractivity contribution < 1.29 is 19.7 Å². The molecule has 0 saturated heterocycles. The highest BCUT2D eigenvalue weighted by molar-refractivity contribution is 5.29. The summed E-state index contributed by atoms with van der Waals surface area (Å²) in [7, 11) is 0. The van der Waals surface area contributed by atoms with E-state index in [1.807, 2.05) is 0 Å². The standard InChI is InChI=1S/C24H34O5/c1-22-9-7-16(25)11-15(22)4-5-18-17(22)8-10-23(2)19(12-20(26)24(18,23)28)14-3-6-21(27)29-13-14/h3,6,13,15-20,25-26,28H,4-5,7-12H2,1-2H3/t15-,16+,17+,18-,19-,20+,22+,23-,24-/m1/s1. The van der Waals surface area contributed by atoms with E-state index in [0.29, 0.717) is 18.3 Å². The molecule has 1 heterocycles. The summed E-state index contributed by atoms with van der Waals surface area (Å²) < 4.78 is 5.12. The number of aliphatic hydroxyl groups is 3. The number of rotatable bonds is 1. The van der Waals surface area contributed by atoms with Gasteiger partial charge in [-0.2, -0.15) is 0 Å². The zero-order valence-electron chi connectivity index (χ0n) is 17.5. The Morgan fingerprint density at radius 3 is 2.52 bits per heavy atom. The van der Waals surface area contributed by atoms with E-state index in [1.54, 1.807) is 6.07 Å². The molecule has 4 saturated carbocycles. The first kappa shape index (κ1) is 19.8. The van der Waals surface area contributed by atoms with Crippen molar-refractivity contribution in [3.05, 3.63) is 34.4 Å². The third-order valence-corrected chi connectivity index (χ3v) is 9.98. The van der Waals surface area contributed by atoms with E-state index in [4.69, 9.17) is 4.42 Å². The van der Waals surface area contributed by atoms with E-state index in [2.05, 4.69) is 13.8 Å². The maximum atomic E-state index is 12.2. The van der Waals surface area contributed by atoms with Crippen molar-refractivity contribution in [2.45, 2.75) is 88.9 Å². The fraction of sp³-hybridized carbons (Fsp3) is 0.792. The van der Waals surface area contributed by atoms with Crippen molar-refractivity contribution in [2.24, 2.45) is 28.6 Å². The third-order valence-electron chi connectivity index (χ3n) is 9.98. The quantitative estimate of drug-likeness (QED) is 0.671. The molecule has 9 atom stereocenters. The first-order chi connectivity index (χ1) is 13.7. The molecule has 4 aliphatic rings. The van der Waals surface area contributed by atoms with Crippen molar-refractivity contribution in [2.75, 3.05) is 0 Å². The lowest BCUT2D eigenvalue weighted by Crippen LogP contribution is -2.65. The molecule has 0 radical (unpaired) electrons. The van der Waals surface area contributed by atoms with Gasteiger partial charge >= 0.3 is 5.63 Å². The zero-order chi connectivity index (χ0) is 20.6. The van der Waals surface area contributed by atoms with Gasteiger partial charge in [0.15, 0.2) is 0 Å². The Bertz CT molecular complexity index is 829. The molecule has 3 N–H and O–H groups in total.